The molecule has 1 fully saturated rings. The van der Waals surface area contributed by atoms with Gasteiger partial charge in [-0.1, -0.05) is 48.5 Å². The number of rotatable bonds is 5. The van der Waals surface area contributed by atoms with Gasteiger partial charge < -0.3 is 15.5 Å². The van der Waals surface area contributed by atoms with Crippen LogP contribution in [0.4, 0.5) is 10.8 Å². The number of carbonyl (C=O) groups is 2. The van der Waals surface area contributed by atoms with Crippen LogP contribution in [-0.4, -0.2) is 41.3 Å². The molecular formula is C24H24N4O2S. The summed E-state index contributed by atoms with van der Waals surface area (Å²) in [5.41, 5.74) is 2.78. The fourth-order valence-electron chi connectivity index (χ4n) is 5.03. The van der Waals surface area contributed by atoms with Gasteiger partial charge in [-0.15, -0.1) is 11.3 Å². The van der Waals surface area contributed by atoms with Crippen molar-refractivity contribution in [1.82, 2.24) is 9.88 Å². The van der Waals surface area contributed by atoms with Crippen molar-refractivity contribution in [2.75, 3.05) is 24.2 Å². The van der Waals surface area contributed by atoms with Crippen molar-refractivity contribution in [2.45, 2.75) is 30.7 Å². The fourth-order valence-corrected chi connectivity index (χ4v) is 5.67. The average molecular weight is 433 g/mol. The number of aromatic nitrogens is 1. The number of aryl methyl sites for hydroxylation is 1. The summed E-state index contributed by atoms with van der Waals surface area (Å²) in [7, 11) is 1.79. The average Bonchev–Trinajstić information content (AvgIpc) is 3.50. The number of anilines is 2. The Morgan fingerprint density at radius 1 is 1.23 bits per heavy atom. The Bertz CT molecular complexity index is 1130. The molecule has 0 saturated carbocycles. The summed E-state index contributed by atoms with van der Waals surface area (Å²) in [6, 6.07) is 17.9. The first-order chi connectivity index (χ1) is 15.1. The quantitative estimate of drug-likeness (QED) is 0.641. The predicted octanol–water partition coefficient (Wildman–Crippen LogP) is 3.92. The van der Waals surface area contributed by atoms with Crippen molar-refractivity contribution in [3.8, 4) is 0 Å². The van der Waals surface area contributed by atoms with Gasteiger partial charge in [0.15, 0.2) is 5.13 Å². The number of nitrogens with zero attached hydrogens (tertiary/aromatic N) is 2. The first kappa shape index (κ1) is 19.8. The second-order valence-corrected chi connectivity index (χ2v) is 8.91. The number of likely N-dealkylation sites (tertiary alicyclic amines) is 1. The molecule has 0 radical (unpaired) electrons. The van der Waals surface area contributed by atoms with Crippen LogP contribution in [0.5, 0.6) is 0 Å². The maximum atomic E-state index is 13.5. The summed E-state index contributed by atoms with van der Waals surface area (Å²) >= 11 is 1.41. The summed E-state index contributed by atoms with van der Waals surface area (Å²) in [6.07, 6.45) is 2.12. The molecular weight excluding hydrogens is 408 g/mol. The monoisotopic (exact) mass is 432 g/mol. The normalized spacial score (nSPS) is 21.9. The molecule has 2 atom stereocenters. The van der Waals surface area contributed by atoms with Gasteiger partial charge in [0.1, 0.15) is 5.69 Å². The highest BCUT2D eigenvalue weighted by molar-refractivity contribution is 7.13. The van der Waals surface area contributed by atoms with Crippen molar-refractivity contribution in [3.63, 3.8) is 0 Å². The van der Waals surface area contributed by atoms with E-state index < -0.39 is 5.41 Å². The van der Waals surface area contributed by atoms with E-state index in [9.17, 15) is 9.59 Å². The Balaban J connectivity index is 1.52. The molecule has 3 heterocycles. The van der Waals surface area contributed by atoms with Crippen LogP contribution in [0, 0.1) is 0 Å². The lowest BCUT2D eigenvalue weighted by molar-refractivity contribution is -0.121. The number of carbonyl (C=O) groups excluding carboxylic acids is 2. The van der Waals surface area contributed by atoms with E-state index in [1.807, 2.05) is 47.4 Å². The van der Waals surface area contributed by atoms with Gasteiger partial charge in [-0.3, -0.25) is 9.59 Å². The zero-order valence-corrected chi connectivity index (χ0v) is 18.1. The summed E-state index contributed by atoms with van der Waals surface area (Å²) in [5, 5.41) is 8.56. The fraction of sp³-hybridized carbons (Fsp3) is 0.292. The van der Waals surface area contributed by atoms with Crippen molar-refractivity contribution in [2.24, 2.45) is 0 Å². The number of hydrogen-bond donors (Lipinski definition) is 2. The van der Waals surface area contributed by atoms with Gasteiger partial charge in [0.05, 0.1) is 11.5 Å². The molecule has 2 amide bonds. The van der Waals surface area contributed by atoms with Gasteiger partial charge >= 0.3 is 0 Å². The molecule has 0 unspecified atom stereocenters. The van der Waals surface area contributed by atoms with E-state index in [1.54, 1.807) is 12.4 Å². The molecule has 2 aliphatic heterocycles. The highest BCUT2D eigenvalue weighted by Gasteiger charge is 2.58. The highest BCUT2D eigenvalue weighted by Crippen LogP contribution is 2.49. The third kappa shape index (κ3) is 3.20. The van der Waals surface area contributed by atoms with Crippen LogP contribution in [0.3, 0.4) is 0 Å². The Labute approximate surface area is 185 Å². The highest BCUT2D eigenvalue weighted by atomic mass is 32.1. The van der Waals surface area contributed by atoms with Crippen LogP contribution in [0.25, 0.3) is 0 Å². The molecule has 2 N–H and O–H groups in total. The SMILES string of the molecule is CNc1nc(C(=O)N2CC[C@@]3(C(=O)Nc4ccccc43)[C@@H]2CCc2ccccc2)cs1. The second-order valence-electron chi connectivity index (χ2n) is 8.05. The van der Waals surface area contributed by atoms with E-state index in [1.165, 1.54) is 16.9 Å². The van der Waals surface area contributed by atoms with Gasteiger partial charge in [0.25, 0.3) is 5.91 Å². The van der Waals surface area contributed by atoms with Gasteiger partial charge in [-0.05, 0) is 36.5 Å². The number of benzene rings is 2. The van der Waals surface area contributed by atoms with E-state index in [2.05, 4.69) is 27.8 Å². The lowest BCUT2D eigenvalue weighted by atomic mass is 9.73. The summed E-state index contributed by atoms with van der Waals surface area (Å²) in [5.74, 6) is -0.110. The van der Waals surface area contributed by atoms with Gasteiger partial charge in [0.2, 0.25) is 5.91 Å². The van der Waals surface area contributed by atoms with E-state index in [4.69, 9.17) is 0 Å². The summed E-state index contributed by atoms with van der Waals surface area (Å²) in [6.45, 7) is 0.534. The van der Waals surface area contributed by atoms with Crippen LogP contribution >= 0.6 is 11.3 Å². The zero-order chi connectivity index (χ0) is 21.4. The van der Waals surface area contributed by atoms with Crippen LogP contribution in [0.15, 0.2) is 60.0 Å². The molecule has 0 bridgehead atoms. The topological polar surface area (TPSA) is 74.3 Å². The number of nitrogens with one attached hydrogen (secondary N) is 2. The summed E-state index contributed by atoms with van der Waals surface area (Å²) in [4.78, 5) is 33.1. The molecule has 1 aromatic heterocycles. The molecule has 1 spiro atoms. The lowest BCUT2D eigenvalue weighted by Gasteiger charge is -2.34. The van der Waals surface area contributed by atoms with Crippen molar-refractivity contribution >= 4 is 34.0 Å². The third-order valence-electron chi connectivity index (χ3n) is 6.50. The van der Waals surface area contributed by atoms with Gasteiger partial charge in [0, 0.05) is 24.7 Å². The number of thiazole rings is 1. The van der Waals surface area contributed by atoms with Crippen LogP contribution < -0.4 is 10.6 Å². The van der Waals surface area contributed by atoms with Crippen LogP contribution in [0.1, 0.15) is 34.5 Å². The number of hydrogen-bond acceptors (Lipinski definition) is 5. The molecule has 1 saturated heterocycles. The molecule has 0 aliphatic carbocycles. The first-order valence-electron chi connectivity index (χ1n) is 10.5. The molecule has 158 valence electrons. The second kappa shape index (κ2) is 7.81. The molecule has 6 nitrogen and oxygen atoms in total. The molecule has 7 heteroatoms. The van der Waals surface area contributed by atoms with Crippen molar-refractivity contribution in [3.05, 3.63) is 76.8 Å². The first-order valence-corrected chi connectivity index (χ1v) is 11.4. The Kier molecular flexibility index (Phi) is 4.98. The maximum Gasteiger partial charge on any atom is 0.273 e. The smallest absolute Gasteiger partial charge is 0.273 e. The lowest BCUT2D eigenvalue weighted by Crippen LogP contribution is -2.49. The number of fused-ring (bicyclic) bond motifs is 2. The van der Waals surface area contributed by atoms with Gasteiger partial charge in [-0.25, -0.2) is 4.98 Å². The van der Waals surface area contributed by atoms with Crippen LogP contribution in [0.2, 0.25) is 0 Å². The molecule has 31 heavy (non-hydrogen) atoms. The van der Waals surface area contributed by atoms with E-state index >= 15 is 0 Å². The molecule has 2 aliphatic rings. The Morgan fingerprint density at radius 2 is 2.00 bits per heavy atom. The minimum absolute atomic E-state index is 0.00347. The van der Waals surface area contributed by atoms with E-state index in [0.717, 1.165) is 17.7 Å². The van der Waals surface area contributed by atoms with Crippen molar-refractivity contribution < 1.29 is 9.59 Å². The van der Waals surface area contributed by atoms with Gasteiger partial charge in [-0.2, -0.15) is 0 Å². The largest absolute Gasteiger partial charge is 0.365 e. The number of para-hydroxylation sites is 1. The number of amides is 2. The molecule has 3 aromatic rings. The standard InChI is InChI=1S/C24H24N4O2S/c1-25-23-27-19(15-31-23)21(29)28-14-13-24(17-9-5-6-10-18(17)26-22(24)30)20(28)12-11-16-7-3-2-4-8-16/h2-10,15,20H,11-14H2,1H3,(H,25,27)(H,26,30)/t20-,24-/m0/s1. The Morgan fingerprint density at radius 3 is 2.77 bits per heavy atom. The Hall–Kier alpha value is -3.19. The minimum atomic E-state index is -0.719. The summed E-state index contributed by atoms with van der Waals surface area (Å²) < 4.78 is 0. The predicted molar refractivity (Wildman–Crippen MR) is 123 cm³/mol. The van der Waals surface area contributed by atoms with E-state index in [0.29, 0.717) is 30.2 Å². The third-order valence-corrected chi connectivity index (χ3v) is 7.36. The molecule has 5 rings (SSSR count). The minimum Gasteiger partial charge on any atom is -0.365 e. The zero-order valence-electron chi connectivity index (χ0n) is 17.3. The maximum absolute atomic E-state index is 13.5. The van der Waals surface area contributed by atoms with Crippen molar-refractivity contribution in [1.29, 1.82) is 0 Å². The molecule has 2 aromatic carbocycles. The van der Waals surface area contributed by atoms with Crippen LogP contribution in [-0.2, 0) is 16.6 Å². The van der Waals surface area contributed by atoms with E-state index in [-0.39, 0.29) is 17.9 Å².